The van der Waals surface area contributed by atoms with E-state index >= 15 is 0 Å². The van der Waals surface area contributed by atoms with Crippen LogP contribution in [-0.4, -0.2) is 21.4 Å². The van der Waals surface area contributed by atoms with Crippen molar-refractivity contribution in [2.45, 2.75) is 37.6 Å². The molecule has 1 atom stereocenters. The molecule has 0 saturated heterocycles. The molecule has 8 heteroatoms. The van der Waals surface area contributed by atoms with Crippen LogP contribution in [0.2, 0.25) is 0 Å². The molecular weight excluding hydrogens is 475 g/mol. The maximum Gasteiger partial charge on any atom is 0.240 e. The number of hydrogen-bond donors (Lipinski definition) is 3. The highest BCUT2D eigenvalue weighted by Crippen LogP contribution is 2.20. The van der Waals surface area contributed by atoms with Gasteiger partial charge in [-0.2, -0.15) is 0 Å². The van der Waals surface area contributed by atoms with E-state index in [9.17, 15) is 8.42 Å². The zero-order valence-corrected chi connectivity index (χ0v) is 18.9. The van der Waals surface area contributed by atoms with Crippen LogP contribution in [0.3, 0.4) is 0 Å². The molecule has 0 aliphatic rings. The molecule has 0 aromatic heterocycles. The molecule has 0 radical (unpaired) electrons. The predicted octanol–water partition coefficient (Wildman–Crippen LogP) is 3.65. The molecule has 0 aliphatic carbocycles. The lowest BCUT2D eigenvalue weighted by Crippen LogP contribution is -2.22. The van der Waals surface area contributed by atoms with Crippen molar-refractivity contribution >= 4 is 45.6 Å². The van der Waals surface area contributed by atoms with Crippen molar-refractivity contribution in [1.82, 2.24) is 4.72 Å². The number of rotatable bonds is 7. The molecule has 2 aromatic rings. The normalized spacial score (nSPS) is 12.9. The molecule has 0 saturated carbocycles. The molecular formula is C19H27IN4O2S. The van der Waals surface area contributed by atoms with Gasteiger partial charge < -0.3 is 11.1 Å². The summed E-state index contributed by atoms with van der Waals surface area (Å²) in [5, 5.41) is 3.06. The van der Waals surface area contributed by atoms with Gasteiger partial charge in [0.15, 0.2) is 5.96 Å². The van der Waals surface area contributed by atoms with Gasteiger partial charge >= 0.3 is 0 Å². The molecule has 0 fully saturated rings. The van der Waals surface area contributed by atoms with Crippen LogP contribution < -0.4 is 15.8 Å². The summed E-state index contributed by atoms with van der Waals surface area (Å²) in [6.45, 7) is 4.73. The molecule has 0 heterocycles. The van der Waals surface area contributed by atoms with Gasteiger partial charge in [0, 0.05) is 5.69 Å². The molecule has 0 amide bonds. The number of benzene rings is 2. The van der Waals surface area contributed by atoms with E-state index < -0.39 is 10.0 Å². The minimum Gasteiger partial charge on any atom is -0.370 e. The topological polar surface area (TPSA) is 96.6 Å². The van der Waals surface area contributed by atoms with E-state index in [0.29, 0.717) is 18.4 Å². The number of halogens is 1. The van der Waals surface area contributed by atoms with E-state index in [-0.39, 0.29) is 28.9 Å². The fourth-order valence-electron chi connectivity index (χ4n) is 2.39. The van der Waals surface area contributed by atoms with E-state index in [1.165, 1.54) is 12.6 Å². The molecule has 0 spiro atoms. The highest BCUT2D eigenvalue weighted by molar-refractivity contribution is 14.0. The molecule has 2 rings (SSSR count). The maximum absolute atomic E-state index is 11.7. The number of anilines is 1. The van der Waals surface area contributed by atoms with Crippen LogP contribution in [0, 0.1) is 0 Å². The number of sulfonamides is 1. The molecule has 0 aliphatic heterocycles. The maximum atomic E-state index is 11.7. The quantitative estimate of drug-likeness (QED) is 0.306. The summed E-state index contributed by atoms with van der Waals surface area (Å²) in [7, 11) is -2.04. The lowest BCUT2D eigenvalue weighted by Gasteiger charge is -2.11. The first-order valence-electron chi connectivity index (χ1n) is 8.55. The Balaban J connectivity index is 0.00000364. The zero-order chi connectivity index (χ0) is 19.2. The highest BCUT2D eigenvalue weighted by atomic mass is 127. The summed E-state index contributed by atoms with van der Waals surface area (Å²) in [6, 6.07) is 14.7. The average molecular weight is 502 g/mol. The molecule has 27 heavy (non-hydrogen) atoms. The first kappa shape index (κ1) is 23.4. The Hall–Kier alpha value is -1.65. The van der Waals surface area contributed by atoms with Crippen LogP contribution in [-0.2, 0) is 16.6 Å². The van der Waals surface area contributed by atoms with Gasteiger partial charge in [0.05, 0.1) is 11.4 Å². The molecule has 2 aromatic carbocycles. The zero-order valence-electron chi connectivity index (χ0n) is 15.8. The number of hydrogen-bond acceptors (Lipinski definition) is 3. The summed E-state index contributed by atoms with van der Waals surface area (Å²) in [4.78, 5) is 4.52. The SMILES string of the molecule is CCC(C)c1ccc(NC(N)=NCc2ccc(S(=O)(=O)NC)cc2)cc1.I. The molecule has 0 bridgehead atoms. The Morgan fingerprint density at radius 2 is 1.70 bits per heavy atom. The lowest BCUT2D eigenvalue weighted by atomic mass is 9.99. The van der Waals surface area contributed by atoms with E-state index in [1.54, 1.807) is 24.3 Å². The van der Waals surface area contributed by atoms with Crippen molar-refractivity contribution in [3.8, 4) is 0 Å². The van der Waals surface area contributed by atoms with Crippen LogP contribution in [0.15, 0.2) is 58.4 Å². The van der Waals surface area contributed by atoms with Gasteiger partial charge in [0.1, 0.15) is 0 Å². The van der Waals surface area contributed by atoms with Gasteiger partial charge in [-0.3, -0.25) is 0 Å². The van der Waals surface area contributed by atoms with E-state index in [2.05, 4.69) is 41.0 Å². The van der Waals surface area contributed by atoms with Gasteiger partial charge in [-0.1, -0.05) is 38.1 Å². The smallest absolute Gasteiger partial charge is 0.240 e. The van der Waals surface area contributed by atoms with Gasteiger partial charge in [0.25, 0.3) is 0 Å². The van der Waals surface area contributed by atoms with Crippen LogP contribution in [0.5, 0.6) is 0 Å². The second-order valence-corrected chi connectivity index (χ2v) is 8.00. The minimum absolute atomic E-state index is 0. The second kappa shape index (κ2) is 10.6. The standard InChI is InChI=1S/C19H26N4O2S.HI/c1-4-14(2)16-7-9-17(10-8-16)23-19(20)22-13-15-5-11-18(12-6-15)26(24,25)21-3;/h5-12,14,21H,4,13H2,1-3H3,(H3,20,22,23);1H. The fourth-order valence-corrected chi connectivity index (χ4v) is 3.12. The van der Waals surface area contributed by atoms with Crippen molar-refractivity contribution in [2.75, 3.05) is 12.4 Å². The Labute approximate surface area is 178 Å². The Kier molecular flexibility index (Phi) is 9.20. The molecule has 6 nitrogen and oxygen atoms in total. The first-order chi connectivity index (χ1) is 12.4. The van der Waals surface area contributed by atoms with Crippen LogP contribution >= 0.6 is 24.0 Å². The number of nitrogens with two attached hydrogens (primary N) is 1. The van der Waals surface area contributed by atoms with Crippen LogP contribution in [0.4, 0.5) is 5.69 Å². The number of aliphatic imine (C=N–C) groups is 1. The molecule has 1 unspecified atom stereocenters. The third kappa shape index (κ3) is 6.78. The summed E-state index contributed by atoms with van der Waals surface area (Å²) in [6.07, 6.45) is 1.10. The first-order valence-corrected chi connectivity index (χ1v) is 10.0. The summed E-state index contributed by atoms with van der Waals surface area (Å²) in [5.41, 5.74) is 8.98. The molecule has 4 N–H and O–H groups in total. The van der Waals surface area contributed by atoms with E-state index in [1.807, 2.05) is 12.1 Å². The van der Waals surface area contributed by atoms with Crippen LogP contribution in [0.25, 0.3) is 0 Å². The summed E-state index contributed by atoms with van der Waals surface area (Å²) >= 11 is 0. The van der Waals surface area contributed by atoms with Crippen molar-refractivity contribution < 1.29 is 8.42 Å². The predicted molar refractivity (Wildman–Crippen MR) is 122 cm³/mol. The summed E-state index contributed by atoms with van der Waals surface area (Å²) < 4.78 is 25.7. The third-order valence-electron chi connectivity index (χ3n) is 4.30. The Morgan fingerprint density at radius 3 is 2.22 bits per heavy atom. The monoisotopic (exact) mass is 502 g/mol. The molecule has 148 valence electrons. The fraction of sp³-hybridized carbons (Fsp3) is 0.316. The van der Waals surface area contributed by atoms with Crippen molar-refractivity contribution in [1.29, 1.82) is 0 Å². The summed E-state index contributed by atoms with van der Waals surface area (Å²) in [5.74, 6) is 0.845. The highest BCUT2D eigenvalue weighted by Gasteiger charge is 2.10. The minimum atomic E-state index is -3.42. The van der Waals surface area contributed by atoms with Crippen molar-refractivity contribution in [3.05, 3.63) is 59.7 Å². The van der Waals surface area contributed by atoms with E-state index in [4.69, 9.17) is 5.73 Å². The van der Waals surface area contributed by atoms with Gasteiger partial charge in [-0.15, -0.1) is 24.0 Å². The third-order valence-corrected chi connectivity index (χ3v) is 5.73. The Bertz CT molecular complexity index is 850. The average Bonchev–Trinajstić information content (AvgIpc) is 2.66. The second-order valence-electron chi connectivity index (χ2n) is 6.11. The van der Waals surface area contributed by atoms with Gasteiger partial charge in [-0.05, 0) is 54.8 Å². The number of nitrogens with one attached hydrogen (secondary N) is 2. The van der Waals surface area contributed by atoms with Crippen molar-refractivity contribution in [3.63, 3.8) is 0 Å². The van der Waals surface area contributed by atoms with Gasteiger partial charge in [0.2, 0.25) is 10.0 Å². The van der Waals surface area contributed by atoms with Crippen LogP contribution in [0.1, 0.15) is 37.3 Å². The Morgan fingerprint density at radius 1 is 1.11 bits per heavy atom. The lowest BCUT2D eigenvalue weighted by molar-refractivity contribution is 0.588. The largest absolute Gasteiger partial charge is 0.370 e. The number of nitrogens with zero attached hydrogens (tertiary/aromatic N) is 1. The van der Waals surface area contributed by atoms with Gasteiger partial charge in [-0.25, -0.2) is 18.1 Å². The van der Waals surface area contributed by atoms with Crippen molar-refractivity contribution in [2.24, 2.45) is 10.7 Å². The number of guanidine groups is 1. The van der Waals surface area contributed by atoms with E-state index in [0.717, 1.165) is 17.7 Å².